The molecule has 3 heterocycles. The van der Waals surface area contributed by atoms with Crippen molar-refractivity contribution in [2.75, 3.05) is 0 Å². The molecule has 1 aromatic carbocycles. The van der Waals surface area contributed by atoms with Crippen molar-refractivity contribution < 1.29 is 13.2 Å². The van der Waals surface area contributed by atoms with Crippen LogP contribution in [0.2, 0.25) is 0 Å². The highest BCUT2D eigenvalue weighted by molar-refractivity contribution is 5.81. The fourth-order valence-electron chi connectivity index (χ4n) is 2.80. The molecule has 0 bridgehead atoms. The van der Waals surface area contributed by atoms with Crippen molar-refractivity contribution in [1.29, 1.82) is 0 Å². The summed E-state index contributed by atoms with van der Waals surface area (Å²) in [6, 6.07) is 7.64. The minimum atomic E-state index is -4.69. The second kappa shape index (κ2) is 6.04. The summed E-state index contributed by atoms with van der Waals surface area (Å²) in [7, 11) is 0. The molecule has 0 unspecified atom stereocenters. The summed E-state index contributed by atoms with van der Waals surface area (Å²) in [6.07, 6.45) is -0.434. The summed E-state index contributed by atoms with van der Waals surface area (Å²) in [5.41, 5.74) is -0.385. The lowest BCUT2D eigenvalue weighted by atomic mass is 10.0. The molecule has 6 nitrogen and oxygen atoms in total. The van der Waals surface area contributed by atoms with Crippen LogP contribution in [0, 0.1) is 6.92 Å². The zero-order valence-corrected chi connectivity index (χ0v) is 13.9. The van der Waals surface area contributed by atoms with Crippen LogP contribution in [0.25, 0.3) is 28.2 Å². The number of aryl methyl sites for hydroxylation is 1. The van der Waals surface area contributed by atoms with Gasteiger partial charge in [-0.25, -0.2) is 9.50 Å². The summed E-state index contributed by atoms with van der Waals surface area (Å²) < 4.78 is 41.6. The van der Waals surface area contributed by atoms with Gasteiger partial charge in [-0.3, -0.25) is 19.9 Å². The Hall–Kier alpha value is -3.49. The Morgan fingerprint density at radius 2 is 1.81 bits per heavy atom. The minimum Gasteiger partial charge on any atom is -0.284 e. The Labute approximate surface area is 150 Å². The standard InChI is InChI=1S/C18H12F3N5O/c1-10-2-4-11(5-3-10)15-16(18(19,20)21)25-26-14(27)8-12(24-17(15)26)13-9-22-6-7-23-13/h2-9,25H,1H3. The van der Waals surface area contributed by atoms with E-state index in [2.05, 4.69) is 20.1 Å². The topological polar surface area (TPSA) is 75.9 Å². The van der Waals surface area contributed by atoms with Gasteiger partial charge in [0.1, 0.15) is 11.4 Å². The van der Waals surface area contributed by atoms with Crippen LogP contribution in [0.3, 0.4) is 0 Å². The van der Waals surface area contributed by atoms with Crippen molar-refractivity contribution >= 4 is 5.65 Å². The fraction of sp³-hybridized carbons (Fsp3) is 0.111. The average Bonchev–Trinajstić information content (AvgIpc) is 3.04. The Morgan fingerprint density at radius 1 is 1.07 bits per heavy atom. The Bertz CT molecular complexity index is 1180. The number of hydrogen-bond donors (Lipinski definition) is 1. The SMILES string of the molecule is Cc1ccc(-c2c(C(F)(F)F)[nH]n3c(=O)cc(-c4cnccn4)nc23)cc1. The van der Waals surface area contributed by atoms with Crippen LogP contribution in [0.15, 0.2) is 53.7 Å². The summed E-state index contributed by atoms with van der Waals surface area (Å²) in [5, 5.41) is 2.14. The summed E-state index contributed by atoms with van der Waals surface area (Å²) >= 11 is 0. The summed E-state index contributed by atoms with van der Waals surface area (Å²) in [4.78, 5) is 24.7. The van der Waals surface area contributed by atoms with Crippen molar-refractivity contribution in [3.63, 3.8) is 0 Å². The van der Waals surface area contributed by atoms with E-state index in [0.29, 0.717) is 11.3 Å². The Balaban J connectivity index is 2.07. The third-order valence-electron chi connectivity index (χ3n) is 4.07. The molecule has 4 aromatic rings. The normalized spacial score (nSPS) is 11.9. The van der Waals surface area contributed by atoms with Crippen molar-refractivity contribution in [3.8, 4) is 22.5 Å². The van der Waals surface area contributed by atoms with Gasteiger partial charge in [0, 0.05) is 18.5 Å². The molecule has 0 radical (unpaired) electrons. The van der Waals surface area contributed by atoms with Crippen LogP contribution in [-0.4, -0.2) is 24.6 Å². The Kier molecular flexibility index (Phi) is 3.79. The van der Waals surface area contributed by atoms with Crippen LogP contribution >= 0.6 is 0 Å². The van der Waals surface area contributed by atoms with E-state index in [-0.39, 0.29) is 16.9 Å². The number of hydrogen-bond acceptors (Lipinski definition) is 4. The van der Waals surface area contributed by atoms with Gasteiger partial charge < -0.3 is 0 Å². The molecule has 4 rings (SSSR count). The van der Waals surface area contributed by atoms with Crippen LogP contribution in [0.4, 0.5) is 13.2 Å². The highest BCUT2D eigenvalue weighted by Crippen LogP contribution is 2.38. The second-order valence-electron chi connectivity index (χ2n) is 5.95. The second-order valence-corrected chi connectivity index (χ2v) is 5.95. The number of fused-ring (bicyclic) bond motifs is 1. The van der Waals surface area contributed by atoms with E-state index in [4.69, 9.17) is 0 Å². The van der Waals surface area contributed by atoms with E-state index in [1.54, 1.807) is 24.3 Å². The third kappa shape index (κ3) is 2.97. The minimum absolute atomic E-state index is 0.126. The van der Waals surface area contributed by atoms with Gasteiger partial charge in [-0.2, -0.15) is 13.2 Å². The van der Waals surface area contributed by atoms with Gasteiger partial charge in [0.05, 0.1) is 17.5 Å². The van der Waals surface area contributed by atoms with Gasteiger partial charge in [0.25, 0.3) is 5.56 Å². The van der Waals surface area contributed by atoms with Crippen molar-refractivity contribution in [2.24, 2.45) is 0 Å². The first-order valence-corrected chi connectivity index (χ1v) is 7.91. The lowest BCUT2D eigenvalue weighted by molar-refractivity contribution is -0.140. The fourth-order valence-corrected chi connectivity index (χ4v) is 2.80. The number of alkyl halides is 3. The maximum absolute atomic E-state index is 13.6. The molecule has 0 aliphatic carbocycles. The average molecular weight is 371 g/mol. The first-order chi connectivity index (χ1) is 12.8. The highest BCUT2D eigenvalue weighted by Gasteiger charge is 2.38. The van der Waals surface area contributed by atoms with E-state index < -0.39 is 17.4 Å². The molecule has 0 amide bonds. The number of nitrogens with zero attached hydrogens (tertiary/aromatic N) is 4. The molecular weight excluding hydrogens is 359 g/mol. The van der Waals surface area contributed by atoms with Gasteiger partial charge in [0.15, 0.2) is 5.65 Å². The predicted molar refractivity (Wildman–Crippen MR) is 92.0 cm³/mol. The largest absolute Gasteiger partial charge is 0.433 e. The van der Waals surface area contributed by atoms with Gasteiger partial charge in [0.2, 0.25) is 0 Å². The first kappa shape index (κ1) is 17.0. The molecule has 0 atom stereocenters. The van der Waals surface area contributed by atoms with E-state index in [9.17, 15) is 18.0 Å². The molecule has 9 heteroatoms. The van der Waals surface area contributed by atoms with E-state index in [1.807, 2.05) is 6.92 Å². The maximum Gasteiger partial charge on any atom is 0.433 e. The lowest BCUT2D eigenvalue weighted by Gasteiger charge is -2.07. The molecule has 0 spiro atoms. The molecule has 0 aliphatic rings. The van der Waals surface area contributed by atoms with Crippen molar-refractivity contribution in [1.82, 2.24) is 24.6 Å². The van der Waals surface area contributed by atoms with Crippen molar-refractivity contribution in [3.05, 3.63) is 70.5 Å². The number of benzene rings is 1. The van der Waals surface area contributed by atoms with Crippen LogP contribution in [0.5, 0.6) is 0 Å². The van der Waals surface area contributed by atoms with E-state index in [1.165, 1.54) is 18.6 Å². The molecule has 0 saturated carbocycles. The molecule has 1 N–H and O–H groups in total. The van der Waals surface area contributed by atoms with Gasteiger partial charge in [-0.1, -0.05) is 29.8 Å². The summed E-state index contributed by atoms with van der Waals surface area (Å²) in [5.74, 6) is 0. The summed E-state index contributed by atoms with van der Waals surface area (Å²) in [6.45, 7) is 1.83. The molecule has 136 valence electrons. The van der Waals surface area contributed by atoms with Gasteiger partial charge in [-0.05, 0) is 12.5 Å². The zero-order chi connectivity index (χ0) is 19.2. The smallest absolute Gasteiger partial charge is 0.284 e. The molecule has 3 aromatic heterocycles. The third-order valence-corrected chi connectivity index (χ3v) is 4.07. The maximum atomic E-state index is 13.6. The van der Waals surface area contributed by atoms with Crippen molar-refractivity contribution in [2.45, 2.75) is 13.1 Å². The van der Waals surface area contributed by atoms with Crippen LogP contribution < -0.4 is 5.56 Å². The van der Waals surface area contributed by atoms with E-state index >= 15 is 0 Å². The molecule has 0 aliphatic heterocycles. The molecule has 27 heavy (non-hydrogen) atoms. The van der Waals surface area contributed by atoms with E-state index in [0.717, 1.165) is 16.1 Å². The number of aromatic amines is 1. The lowest BCUT2D eigenvalue weighted by Crippen LogP contribution is -2.15. The quantitative estimate of drug-likeness (QED) is 0.585. The van der Waals surface area contributed by atoms with Crippen LogP contribution in [-0.2, 0) is 6.18 Å². The van der Waals surface area contributed by atoms with Gasteiger partial charge >= 0.3 is 6.18 Å². The first-order valence-electron chi connectivity index (χ1n) is 7.91. The highest BCUT2D eigenvalue weighted by atomic mass is 19.4. The number of rotatable bonds is 2. The predicted octanol–water partition coefficient (Wildman–Crippen LogP) is 3.47. The zero-order valence-electron chi connectivity index (χ0n) is 13.9. The molecule has 0 saturated heterocycles. The molecule has 0 fully saturated rings. The number of aromatic nitrogens is 5. The Morgan fingerprint density at radius 3 is 2.44 bits per heavy atom. The molecular formula is C18H12F3N5O. The number of H-pyrrole nitrogens is 1. The van der Waals surface area contributed by atoms with Crippen LogP contribution in [0.1, 0.15) is 11.3 Å². The number of nitrogens with one attached hydrogen (secondary N) is 1. The monoisotopic (exact) mass is 371 g/mol. The number of halogens is 3. The van der Waals surface area contributed by atoms with Gasteiger partial charge in [-0.15, -0.1) is 0 Å².